The first-order valence-electron chi connectivity index (χ1n) is 8.31. The van der Waals surface area contributed by atoms with Gasteiger partial charge in [0.25, 0.3) is 5.91 Å². The van der Waals surface area contributed by atoms with E-state index in [1.807, 2.05) is 38.2 Å². The van der Waals surface area contributed by atoms with Crippen LogP contribution in [0.3, 0.4) is 0 Å². The van der Waals surface area contributed by atoms with Crippen molar-refractivity contribution in [3.05, 3.63) is 59.4 Å². The first-order valence-corrected chi connectivity index (χ1v) is 8.31. The number of halogens is 3. The Balaban J connectivity index is 1.99. The van der Waals surface area contributed by atoms with Crippen molar-refractivity contribution in [2.75, 3.05) is 19.0 Å². The number of ether oxygens (including phenoxy) is 1. The molecule has 2 N–H and O–H groups in total. The van der Waals surface area contributed by atoms with Gasteiger partial charge < -0.3 is 15.0 Å². The summed E-state index contributed by atoms with van der Waals surface area (Å²) in [5.41, 5.74) is 0.624. The highest BCUT2D eigenvalue weighted by molar-refractivity contribution is 5.93. The maximum atomic E-state index is 13.7. The van der Waals surface area contributed by atoms with E-state index in [9.17, 15) is 18.0 Å². The Kier molecular flexibility index (Phi) is 6.63. The molecule has 2 atom stereocenters. The standard InChI is InChI=1S/C19H21F3N2O2/c1-4-26-14-7-5-13(6-8-14)11-24(3)12(2)19(25)23-16-10-9-15(20)17(21)18(16)22/h5-10,12H,4,11H2,1-3H3,(H,23,25)/p+1/t12-/m0/s1. The maximum absolute atomic E-state index is 13.7. The fourth-order valence-electron chi connectivity index (χ4n) is 2.43. The molecular weight excluding hydrogens is 345 g/mol. The summed E-state index contributed by atoms with van der Waals surface area (Å²) < 4.78 is 45.3. The Labute approximate surface area is 150 Å². The van der Waals surface area contributed by atoms with Crippen LogP contribution in [0.2, 0.25) is 0 Å². The van der Waals surface area contributed by atoms with Crippen LogP contribution < -0.4 is 15.0 Å². The van der Waals surface area contributed by atoms with Crippen LogP contribution in [0, 0.1) is 17.5 Å². The maximum Gasteiger partial charge on any atom is 0.282 e. The second-order valence-electron chi connectivity index (χ2n) is 6.03. The highest BCUT2D eigenvalue weighted by Crippen LogP contribution is 2.19. The van der Waals surface area contributed by atoms with E-state index >= 15 is 0 Å². The molecule has 0 radical (unpaired) electrons. The van der Waals surface area contributed by atoms with Gasteiger partial charge in [-0.25, -0.2) is 13.2 Å². The molecule has 1 unspecified atom stereocenters. The molecule has 0 aliphatic rings. The number of anilines is 1. The van der Waals surface area contributed by atoms with Gasteiger partial charge in [-0.2, -0.15) is 0 Å². The molecule has 140 valence electrons. The largest absolute Gasteiger partial charge is 0.494 e. The molecule has 0 bridgehead atoms. The van der Waals surface area contributed by atoms with Crippen LogP contribution in [0.15, 0.2) is 36.4 Å². The number of benzene rings is 2. The van der Waals surface area contributed by atoms with Crippen molar-refractivity contribution in [2.45, 2.75) is 26.4 Å². The van der Waals surface area contributed by atoms with Crippen molar-refractivity contribution in [2.24, 2.45) is 0 Å². The number of hydrogen-bond acceptors (Lipinski definition) is 2. The van der Waals surface area contributed by atoms with E-state index in [0.29, 0.717) is 13.2 Å². The summed E-state index contributed by atoms with van der Waals surface area (Å²) in [6.45, 7) is 4.72. The third-order valence-corrected chi connectivity index (χ3v) is 4.14. The molecule has 2 aromatic rings. The molecule has 0 fully saturated rings. The monoisotopic (exact) mass is 367 g/mol. The van der Waals surface area contributed by atoms with Gasteiger partial charge in [0.2, 0.25) is 0 Å². The summed E-state index contributed by atoms with van der Waals surface area (Å²) in [5, 5.41) is 2.31. The number of carbonyl (C=O) groups is 1. The van der Waals surface area contributed by atoms with Gasteiger partial charge in [0.15, 0.2) is 23.5 Å². The molecule has 7 heteroatoms. The Hall–Kier alpha value is -2.54. The summed E-state index contributed by atoms with van der Waals surface area (Å²) >= 11 is 0. The molecular formula is C19H22F3N2O2+. The van der Waals surface area contributed by atoms with Crippen LogP contribution >= 0.6 is 0 Å². The molecule has 1 amide bonds. The van der Waals surface area contributed by atoms with E-state index < -0.39 is 29.4 Å². The Morgan fingerprint density at radius 1 is 1.12 bits per heavy atom. The number of quaternary nitrogens is 1. The zero-order valence-corrected chi connectivity index (χ0v) is 14.9. The Morgan fingerprint density at radius 2 is 1.77 bits per heavy atom. The summed E-state index contributed by atoms with van der Waals surface area (Å²) in [6, 6.07) is 8.77. The fraction of sp³-hybridized carbons (Fsp3) is 0.316. The minimum absolute atomic E-state index is 0.380. The van der Waals surface area contributed by atoms with Crippen LogP contribution in [-0.2, 0) is 11.3 Å². The van der Waals surface area contributed by atoms with E-state index in [1.165, 1.54) is 0 Å². The first kappa shape index (κ1) is 19.8. The number of nitrogens with one attached hydrogen (secondary N) is 2. The molecule has 2 rings (SSSR count). The second-order valence-corrected chi connectivity index (χ2v) is 6.03. The number of carbonyl (C=O) groups excluding carboxylic acids is 1. The molecule has 0 aliphatic heterocycles. The lowest BCUT2D eigenvalue weighted by atomic mass is 10.1. The van der Waals surface area contributed by atoms with Crippen molar-refractivity contribution >= 4 is 11.6 Å². The van der Waals surface area contributed by atoms with Crippen LogP contribution in [0.1, 0.15) is 19.4 Å². The lowest BCUT2D eigenvalue weighted by Gasteiger charge is -2.21. The third-order valence-electron chi connectivity index (χ3n) is 4.14. The van der Waals surface area contributed by atoms with E-state index in [2.05, 4.69) is 5.32 Å². The topological polar surface area (TPSA) is 42.8 Å². The third kappa shape index (κ3) is 4.76. The van der Waals surface area contributed by atoms with Gasteiger partial charge >= 0.3 is 0 Å². The van der Waals surface area contributed by atoms with Gasteiger partial charge in [-0.1, -0.05) is 0 Å². The molecule has 0 saturated heterocycles. The fourth-order valence-corrected chi connectivity index (χ4v) is 2.43. The van der Waals surface area contributed by atoms with Gasteiger partial charge in [-0.3, -0.25) is 4.79 Å². The minimum atomic E-state index is -1.61. The van der Waals surface area contributed by atoms with Crippen molar-refractivity contribution in [3.63, 3.8) is 0 Å². The number of hydrogen-bond donors (Lipinski definition) is 2. The summed E-state index contributed by atoms with van der Waals surface area (Å²) in [4.78, 5) is 13.2. The van der Waals surface area contributed by atoms with Gasteiger partial charge in [-0.05, 0) is 50.2 Å². The van der Waals surface area contributed by atoms with Crippen LogP contribution in [-0.4, -0.2) is 25.6 Å². The quantitative estimate of drug-likeness (QED) is 0.739. The van der Waals surface area contributed by atoms with Crippen molar-refractivity contribution in [3.8, 4) is 5.75 Å². The van der Waals surface area contributed by atoms with E-state index in [-0.39, 0.29) is 5.69 Å². The van der Waals surface area contributed by atoms with Crippen LogP contribution in [0.5, 0.6) is 5.75 Å². The van der Waals surface area contributed by atoms with Gasteiger partial charge in [0, 0.05) is 5.56 Å². The molecule has 0 saturated carbocycles. The van der Waals surface area contributed by atoms with Crippen molar-refractivity contribution in [1.82, 2.24) is 0 Å². The SMILES string of the molecule is CCOc1ccc(C[NH+](C)[C@@H](C)C(=O)Nc2ccc(F)c(F)c2F)cc1. The predicted octanol–water partition coefficient (Wildman–Crippen LogP) is 2.54. The summed E-state index contributed by atoms with van der Waals surface area (Å²) in [6.07, 6.45) is 0. The lowest BCUT2D eigenvalue weighted by molar-refractivity contribution is -0.907. The lowest BCUT2D eigenvalue weighted by Crippen LogP contribution is -3.12. The average molecular weight is 367 g/mol. The number of rotatable bonds is 7. The zero-order chi connectivity index (χ0) is 19.3. The molecule has 0 aromatic heterocycles. The highest BCUT2D eigenvalue weighted by atomic mass is 19.2. The first-order chi connectivity index (χ1) is 12.3. The van der Waals surface area contributed by atoms with Gasteiger partial charge in [0.1, 0.15) is 12.3 Å². The van der Waals surface area contributed by atoms with Crippen LogP contribution in [0.4, 0.5) is 18.9 Å². The summed E-state index contributed by atoms with van der Waals surface area (Å²) in [5.74, 6) is -4.03. The number of likely N-dealkylation sites (N-methyl/N-ethyl adjacent to an activating group) is 1. The molecule has 26 heavy (non-hydrogen) atoms. The van der Waals surface area contributed by atoms with Crippen molar-refractivity contribution in [1.29, 1.82) is 0 Å². The van der Waals surface area contributed by atoms with E-state index in [1.54, 1.807) is 6.92 Å². The zero-order valence-electron chi connectivity index (χ0n) is 14.9. The summed E-state index contributed by atoms with van der Waals surface area (Å²) in [7, 11) is 1.82. The smallest absolute Gasteiger partial charge is 0.282 e. The van der Waals surface area contributed by atoms with Gasteiger partial charge in [0.05, 0.1) is 19.3 Å². The predicted molar refractivity (Wildman–Crippen MR) is 92.6 cm³/mol. The van der Waals surface area contributed by atoms with E-state index in [4.69, 9.17) is 4.74 Å². The van der Waals surface area contributed by atoms with Gasteiger partial charge in [-0.15, -0.1) is 0 Å². The Bertz CT molecular complexity index is 766. The van der Waals surface area contributed by atoms with E-state index in [0.717, 1.165) is 28.3 Å². The second kappa shape index (κ2) is 8.71. The molecule has 0 spiro atoms. The van der Waals surface area contributed by atoms with Crippen LogP contribution in [0.25, 0.3) is 0 Å². The molecule has 0 heterocycles. The molecule has 4 nitrogen and oxygen atoms in total. The minimum Gasteiger partial charge on any atom is -0.494 e. The average Bonchev–Trinajstić information content (AvgIpc) is 2.63. The van der Waals surface area contributed by atoms with Crippen molar-refractivity contribution < 1.29 is 27.6 Å². The normalized spacial score (nSPS) is 13.2. The number of amides is 1. The highest BCUT2D eigenvalue weighted by Gasteiger charge is 2.24. The molecule has 2 aromatic carbocycles. The Morgan fingerprint density at radius 3 is 2.38 bits per heavy atom. The molecule has 0 aliphatic carbocycles.